The predicted molar refractivity (Wildman–Crippen MR) is 72.2 cm³/mol. The van der Waals surface area contributed by atoms with Gasteiger partial charge in [0.25, 0.3) is 23.6 Å². The zero-order valence-corrected chi connectivity index (χ0v) is 11.3. The van der Waals surface area contributed by atoms with Crippen molar-refractivity contribution in [2.45, 2.75) is 18.9 Å². The maximum absolute atomic E-state index is 12.0. The average Bonchev–Trinajstić information content (AvgIpc) is 2.94. The Balaban J connectivity index is 2.06. The molecule has 0 radical (unpaired) electrons. The van der Waals surface area contributed by atoms with Gasteiger partial charge in [0.2, 0.25) is 0 Å². The third-order valence-electron chi connectivity index (χ3n) is 3.81. The molecule has 0 aromatic rings. The van der Waals surface area contributed by atoms with Crippen molar-refractivity contribution in [3.63, 3.8) is 0 Å². The predicted octanol–water partition coefficient (Wildman–Crippen LogP) is 0.439. The molecular weight excluding hydrogens is 272 g/mol. The lowest BCUT2D eigenvalue weighted by Crippen LogP contribution is -2.55. The van der Waals surface area contributed by atoms with Gasteiger partial charge in [-0.3, -0.25) is 24.1 Å². The van der Waals surface area contributed by atoms with Gasteiger partial charge in [-0.15, -0.1) is 0 Å². The molecule has 0 spiro atoms. The van der Waals surface area contributed by atoms with Crippen molar-refractivity contribution < 1.29 is 19.2 Å². The maximum atomic E-state index is 12.0. The number of rotatable bonds is 2. The number of allylic oxidation sites excluding steroid dienone is 2. The molecule has 106 valence electrons. The summed E-state index contributed by atoms with van der Waals surface area (Å²) in [6.45, 7) is 1.67. The highest BCUT2D eigenvalue weighted by Gasteiger charge is 2.47. The van der Waals surface area contributed by atoms with Crippen LogP contribution >= 0.6 is 0 Å². The molecule has 21 heavy (non-hydrogen) atoms. The van der Waals surface area contributed by atoms with Gasteiger partial charge in [-0.2, -0.15) is 0 Å². The fourth-order valence-electron chi connectivity index (χ4n) is 2.79. The van der Waals surface area contributed by atoms with Gasteiger partial charge in [0.1, 0.15) is 0 Å². The van der Waals surface area contributed by atoms with E-state index in [9.17, 15) is 19.2 Å². The summed E-state index contributed by atoms with van der Waals surface area (Å²) in [5, 5.41) is 0. The molecule has 1 atom stereocenters. The number of carbonyl (C=O) groups excluding carboxylic acids is 4. The second-order valence-electron chi connectivity index (χ2n) is 5.15. The van der Waals surface area contributed by atoms with Gasteiger partial charge in [0.15, 0.2) is 0 Å². The number of hydrogen-bond donors (Lipinski definition) is 0. The molecule has 1 aliphatic carbocycles. The van der Waals surface area contributed by atoms with Crippen molar-refractivity contribution in [2.75, 3.05) is 0 Å². The van der Waals surface area contributed by atoms with Gasteiger partial charge in [0, 0.05) is 24.3 Å². The highest BCUT2D eigenvalue weighted by molar-refractivity contribution is 6.16. The smallest absolute Gasteiger partial charge is 0.258 e. The van der Waals surface area contributed by atoms with Crippen molar-refractivity contribution in [2.24, 2.45) is 0 Å². The van der Waals surface area contributed by atoms with Crippen LogP contribution in [-0.2, 0) is 19.2 Å². The van der Waals surface area contributed by atoms with Crippen molar-refractivity contribution >= 4 is 23.6 Å². The molecule has 0 saturated carbocycles. The molecule has 0 aromatic heterocycles. The minimum Gasteiger partial charge on any atom is -0.269 e. The van der Waals surface area contributed by atoms with Crippen LogP contribution in [0.5, 0.6) is 0 Å². The molecule has 2 heterocycles. The molecule has 3 rings (SSSR count). The Bertz CT molecular complexity index is 662. The minimum atomic E-state index is -1.07. The first kappa shape index (κ1) is 13.2. The molecule has 0 aromatic carbocycles. The highest BCUT2D eigenvalue weighted by Crippen LogP contribution is 2.37. The van der Waals surface area contributed by atoms with Crippen LogP contribution in [0.3, 0.4) is 0 Å². The summed E-state index contributed by atoms with van der Waals surface area (Å²) in [6, 6.07) is 0. The Morgan fingerprint density at radius 1 is 0.905 bits per heavy atom. The Hall–Kier alpha value is -2.76. The second-order valence-corrected chi connectivity index (χ2v) is 5.15. The van der Waals surface area contributed by atoms with Crippen LogP contribution in [0.25, 0.3) is 0 Å². The van der Waals surface area contributed by atoms with Crippen molar-refractivity contribution in [3.8, 4) is 0 Å². The van der Waals surface area contributed by atoms with Crippen LogP contribution in [0.15, 0.2) is 48.2 Å². The normalized spacial score (nSPS) is 28.1. The molecule has 4 amide bonds. The number of imide groups is 2. The minimum absolute atomic E-state index is 0.329. The summed E-state index contributed by atoms with van der Waals surface area (Å²) in [5.74, 6) is -1.84. The standard InChI is InChI=1S/C15H12N2O4/c1-15(17-13(20)7-8-14(17)21)9-3-2-4-10(15)16-11(18)5-6-12(16)19/h2-8H,9H2,1H3. The number of hydrogen-bond acceptors (Lipinski definition) is 4. The molecule has 6 nitrogen and oxygen atoms in total. The molecule has 0 fully saturated rings. The lowest BCUT2D eigenvalue weighted by Gasteiger charge is -2.42. The largest absolute Gasteiger partial charge is 0.269 e. The first-order valence-corrected chi connectivity index (χ1v) is 6.45. The summed E-state index contributed by atoms with van der Waals surface area (Å²) >= 11 is 0. The Morgan fingerprint density at radius 2 is 1.43 bits per heavy atom. The molecule has 0 N–H and O–H groups in total. The van der Waals surface area contributed by atoms with Gasteiger partial charge in [-0.1, -0.05) is 12.2 Å². The Kier molecular flexibility index (Phi) is 2.76. The maximum Gasteiger partial charge on any atom is 0.258 e. The lowest BCUT2D eigenvalue weighted by atomic mass is 9.86. The molecule has 0 bridgehead atoms. The molecular formula is C15H12N2O4. The van der Waals surface area contributed by atoms with Gasteiger partial charge in [0.05, 0.1) is 11.2 Å². The number of carbonyl (C=O) groups is 4. The first-order valence-electron chi connectivity index (χ1n) is 6.45. The van der Waals surface area contributed by atoms with Crippen molar-refractivity contribution in [1.29, 1.82) is 0 Å². The van der Waals surface area contributed by atoms with Gasteiger partial charge in [-0.25, -0.2) is 4.90 Å². The quantitative estimate of drug-likeness (QED) is 0.690. The zero-order chi connectivity index (χ0) is 15.2. The van der Waals surface area contributed by atoms with E-state index in [4.69, 9.17) is 0 Å². The van der Waals surface area contributed by atoms with E-state index in [1.54, 1.807) is 25.2 Å². The van der Waals surface area contributed by atoms with Crippen LogP contribution in [0.4, 0.5) is 0 Å². The van der Waals surface area contributed by atoms with E-state index in [1.807, 2.05) is 0 Å². The zero-order valence-electron chi connectivity index (χ0n) is 11.3. The topological polar surface area (TPSA) is 74.8 Å². The third kappa shape index (κ3) is 1.79. The lowest BCUT2D eigenvalue weighted by molar-refractivity contribution is -0.146. The summed E-state index contributed by atoms with van der Waals surface area (Å²) in [7, 11) is 0. The Morgan fingerprint density at radius 3 is 2.00 bits per heavy atom. The van der Waals surface area contributed by atoms with Crippen LogP contribution in [0, 0.1) is 0 Å². The summed E-state index contributed by atoms with van der Waals surface area (Å²) < 4.78 is 0. The number of amides is 4. The molecule has 6 heteroatoms. The summed E-state index contributed by atoms with van der Waals surface area (Å²) in [6.07, 6.45) is 10.2. The van der Waals surface area contributed by atoms with Crippen LogP contribution in [-0.4, -0.2) is 39.0 Å². The molecule has 1 unspecified atom stereocenters. The monoisotopic (exact) mass is 284 g/mol. The van der Waals surface area contributed by atoms with Crippen LogP contribution in [0.2, 0.25) is 0 Å². The Labute approximate surface area is 120 Å². The summed E-state index contributed by atoms with van der Waals surface area (Å²) in [5.41, 5.74) is -0.737. The van der Waals surface area contributed by atoms with E-state index in [2.05, 4.69) is 0 Å². The SMILES string of the molecule is CC1(N2C(=O)C=CC2=O)CC=CC=C1N1C(=O)C=CC1=O. The fourth-order valence-corrected chi connectivity index (χ4v) is 2.79. The van der Waals surface area contributed by atoms with Gasteiger partial charge in [-0.05, 0) is 19.4 Å². The van der Waals surface area contributed by atoms with Crippen molar-refractivity contribution in [1.82, 2.24) is 9.80 Å². The summed E-state index contributed by atoms with van der Waals surface area (Å²) in [4.78, 5) is 49.8. The second kappa shape index (κ2) is 4.37. The van der Waals surface area contributed by atoms with E-state index in [-0.39, 0.29) is 0 Å². The highest BCUT2D eigenvalue weighted by atomic mass is 16.2. The molecule has 3 aliphatic rings. The van der Waals surface area contributed by atoms with Crippen LogP contribution in [0.1, 0.15) is 13.3 Å². The van der Waals surface area contributed by atoms with E-state index in [1.165, 1.54) is 24.3 Å². The van der Waals surface area contributed by atoms with Crippen LogP contribution < -0.4 is 0 Å². The fraction of sp³-hybridized carbons (Fsp3) is 0.200. The first-order chi connectivity index (χ1) is 9.95. The molecule has 2 aliphatic heterocycles. The van der Waals surface area contributed by atoms with E-state index in [0.29, 0.717) is 12.1 Å². The van der Waals surface area contributed by atoms with Crippen molar-refractivity contribution in [3.05, 3.63) is 48.2 Å². The van der Waals surface area contributed by atoms with E-state index in [0.717, 1.165) is 9.80 Å². The van der Waals surface area contributed by atoms with Gasteiger partial charge >= 0.3 is 0 Å². The van der Waals surface area contributed by atoms with E-state index >= 15 is 0 Å². The third-order valence-corrected chi connectivity index (χ3v) is 3.81. The number of nitrogens with zero attached hydrogens (tertiary/aromatic N) is 2. The van der Waals surface area contributed by atoms with Gasteiger partial charge < -0.3 is 0 Å². The van der Waals surface area contributed by atoms with E-state index < -0.39 is 29.2 Å². The average molecular weight is 284 g/mol. The molecule has 0 saturated heterocycles.